The van der Waals surface area contributed by atoms with Gasteiger partial charge in [0.15, 0.2) is 0 Å². The van der Waals surface area contributed by atoms with Crippen LogP contribution in [0.3, 0.4) is 0 Å². The maximum atomic E-state index is 8.93. The third-order valence-electron chi connectivity index (χ3n) is 1.15. The number of aromatic nitrogens is 1. The molecule has 0 unspecified atom stereocenters. The van der Waals surface area contributed by atoms with Gasteiger partial charge in [-0.3, -0.25) is 0 Å². The van der Waals surface area contributed by atoms with E-state index in [1.807, 2.05) is 0 Å². The third kappa shape index (κ3) is 1.37. The van der Waals surface area contributed by atoms with Gasteiger partial charge >= 0.3 is 0 Å². The highest BCUT2D eigenvalue weighted by Gasteiger charge is 1.95. The first kappa shape index (κ1) is 6.86. The highest BCUT2D eigenvalue weighted by molar-refractivity contribution is 5.28. The zero-order valence-electron chi connectivity index (χ0n) is 5.96. The van der Waals surface area contributed by atoms with Gasteiger partial charge < -0.3 is 9.84 Å². The van der Waals surface area contributed by atoms with Gasteiger partial charge in [0.05, 0.1) is 7.11 Å². The lowest BCUT2D eigenvalue weighted by molar-refractivity contribution is 0.401. The average molecular weight is 139 g/mol. The summed E-state index contributed by atoms with van der Waals surface area (Å²) in [4.78, 5) is 3.76. The molecule has 0 saturated heterocycles. The van der Waals surface area contributed by atoms with E-state index >= 15 is 0 Å². The van der Waals surface area contributed by atoms with Crippen molar-refractivity contribution in [3.8, 4) is 11.6 Å². The SMILES string of the molecule is COc1cc(C)nc(O)c1. The van der Waals surface area contributed by atoms with Gasteiger partial charge in [-0.2, -0.15) is 0 Å². The first-order valence-corrected chi connectivity index (χ1v) is 2.94. The van der Waals surface area contributed by atoms with E-state index in [1.54, 1.807) is 20.1 Å². The van der Waals surface area contributed by atoms with E-state index in [2.05, 4.69) is 4.98 Å². The Bertz CT molecular complexity index is 215. The minimum absolute atomic E-state index is 0.00292. The molecule has 0 aromatic carbocycles. The van der Waals surface area contributed by atoms with Gasteiger partial charge in [0, 0.05) is 17.8 Å². The van der Waals surface area contributed by atoms with Crippen molar-refractivity contribution >= 4 is 0 Å². The predicted octanol–water partition coefficient (Wildman–Crippen LogP) is 1.10. The monoisotopic (exact) mass is 139 g/mol. The lowest BCUT2D eigenvalue weighted by Gasteiger charge is -1.99. The minimum Gasteiger partial charge on any atom is -0.496 e. The van der Waals surface area contributed by atoms with E-state index in [0.717, 1.165) is 5.69 Å². The lowest BCUT2D eigenvalue weighted by Crippen LogP contribution is -1.86. The molecule has 10 heavy (non-hydrogen) atoms. The van der Waals surface area contributed by atoms with E-state index in [4.69, 9.17) is 9.84 Å². The summed E-state index contributed by atoms with van der Waals surface area (Å²) in [6.07, 6.45) is 0. The minimum atomic E-state index is -0.00292. The largest absolute Gasteiger partial charge is 0.496 e. The van der Waals surface area contributed by atoms with Crippen LogP contribution in [-0.4, -0.2) is 17.2 Å². The number of pyridine rings is 1. The number of nitrogens with zero attached hydrogens (tertiary/aromatic N) is 1. The highest BCUT2D eigenvalue weighted by Crippen LogP contribution is 2.16. The number of methoxy groups -OCH3 is 1. The average Bonchev–Trinajstić information content (AvgIpc) is 1.85. The summed E-state index contributed by atoms with van der Waals surface area (Å²) in [5, 5.41) is 8.93. The van der Waals surface area contributed by atoms with Crippen molar-refractivity contribution in [3.63, 3.8) is 0 Å². The van der Waals surface area contributed by atoms with Crippen LogP contribution in [0.5, 0.6) is 11.6 Å². The van der Waals surface area contributed by atoms with Crippen LogP contribution < -0.4 is 4.74 Å². The molecule has 1 rings (SSSR count). The Hall–Kier alpha value is -1.25. The smallest absolute Gasteiger partial charge is 0.214 e. The molecule has 0 fully saturated rings. The summed E-state index contributed by atoms with van der Waals surface area (Å²) >= 11 is 0. The molecule has 1 heterocycles. The molecule has 0 atom stereocenters. The van der Waals surface area contributed by atoms with Crippen LogP contribution in [-0.2, 0) is 0 Å². The quantitative estimate of drug-likeness (QED) is 0.633. The Kier molecular flexibility index (Phi) is 1.76. The highest BCUT2D eigenvalue weighted by atomic mass is 16.5. The van der Waals surface area contributed by atoms with Crippen molar-refractivity contribution in [1.29, 1.82) is 0 Å². The molecular formula is C7H9NO2. The van der Waals surface area contributed by atoms with Crippen LogP contribution in [0.4, 0.5) is 0 Å². The van der Waals surface area contributed by atoms with Crippen molar-refractivity contribution < 1.29 is 9.84 Å². The fraction of sp³-hybridized carbons (Fsp3) is 0.286. The van der Waals surface area contributed by atoms with Crippen molar-refractivity contribution in [2.75, 3.05) is 7.11 Å². The summed E-state index contributed by atoms with van der Waals surface area (Å²) in [6, 6.07) is 3.22. The summed E-state index contributed by atoms with van der Waals surface area (Å²) in [6.45, 7) is 1.79. The van der Waals surface area contributed by atoms with Crippen LogP contribution in [0.15, 0.2) is 12.1 Å². The first-order chi connectivity index (χ1) is 4.72. The Labute approximate surface area is 59.3 Å². The van der Waals surface area contributed by atoms with E-state index in [-0.39, 0.29) is 5.88 Å². The van der Waals surface area contributed by atoms with Crippen LogP contribution in [0.25, 0.3) is 0 Å². The Morgan fingerprint density at radius 3 is 2.70 bits per heavy atom. The van der Waals surface area contributed by atoms with Crippen LogP contribution in [0.1, 0.15) is 5.69 Å². The normalized spacial score (nSPS) is 9.40. The number of ether oxygens (including phenoxy) is 1. The van der Waals surface area contributed by atoms with Gasteiger partial charge in [-0.05, 0) is 6.92 Å². The molecule has 1 aromatic rings. The van der Waals surface area contributed by atoms with Gasteiger partial charge in [-0.1, -0.05) is 0 Å². The second-order valence-corrected chi connectivity index (χ2v) is 2.01. The summed E-state index contributed by atoms with van der Waals surface area (Å²) in [5.41, 5.74) is 0.747. The maximum absolute atomic E-state index is 8.93. The van der Waals surface area contributed by atoms with E-state index in [0.29, 0.717) is 5.75 Å². The van der Waals surface area contributed by atoms with Crippen molar-refractivity contribution in [2.24, 2.45) is 0 Å². The van der Waals surface area contributed by atoms with Crippen LogP contribution >= 0.6 is 0 Å². The summed E-state index contributed by atoms with van der Waals surface area (Å²) in [5.74, 6) is 0.627. The lowest BCUT2D eigenvalue weighted by atomic mass is 10.3. The number of hydrogen-bond acceptors (Lipinski definition) is 3. The predicted molar refractivity (Wildman–Crippen MR) is 37.2 cm³/mol. The topological polar surface area (TPSA) is 42.4 Å². The molecule has 3 heteroatoms. The molecule has 0 aliphatic heterocycles. The summed E-state index contributed by atoms with van der Waals surface area (Å²) < 4.78 is 4.88. The Morgan fingerprint density at radius 2 is 2.20 bits per heavy atom. The Morgan fingerprint density at radius 1 is 1.50 bits per heavy atom. The maximum Gasteiger partial charge on any atom is 0.214 e. The molecule has 0 spiro atoms. The van der Waals surface area contributed by atoms with Gasteiger partial charge in [-0.15, -0.1) is 0 Å². The molecule has 1 aromatic heterocycles. The van der Waals surface area contributed by atoms with Crippen molar-refractivity contribution in [1.82, 2.24) is 4.98 Å². The van der Waals surface area contributed by atoms with Crippen LogP contribution in [0.2, 0.25) is 0 Å². The molecular weight excluding hydrogens is 130 g/mol. The number of aryl methyl sites for hydroxylation is 1. The van der Waals surface area contributed by atoms with Gasteiger partial charge in [-0.25, -0.2) is 4.98 Å². The molecule has 0 aliphatic carbocycles. The summed E-state index contributed by atoms with van der Waals surface area (Å²) in [7, 11) is 1.55. The van der Waals surface area contributed by atoms with Gasteiger partial charge in [0.1, 0.15) is 5.75 Å². The third-order valence-corrected chi connectivity index (χ3v) is 1.15. The van der Waals surface area contributed by atoms with Crippen LogP contribution in [0, 0.1) is 6.92 Å². The standard InChI is InChI=1S/C7H9NO2/c1-5-3-6(10-2)4-7(9)8-5/h3-4H,1-2H3,(H,8,9). The molecule has 0 aliphatic rings. The van der Waals surface area contributed by atoms with E-state index in [9.17, 15) is 0 Å². The number of aromatic hydroxyl groups is 1. The fourth-order valence-corrected chi connectivity index (χ4v) is 0.738. The zero-order valence-corrected chi connectivity index (χ0v) is 5.96. The molecule has 0 saturated carbocycles. The van der Waals surface area contributed by atoms with Gasteiger partial charge in [0.2, 0.25) is 5.88 Å². The molecule has 0 bridgehead atoms. The first-order valence-electron chi connectivity index (χ1n) is 2.94. The number of rotatable bonds is 1. The molecule has 54 valence electrons. The second-order valence-electron chi connectivity index (χ2n) is 2.01. The zero-order chi connectivity index (χ0) is 7.56. The van der Waals surface area contributed by atoms with Gasteiger partial charge in [0.25, 0.3) is 0 Å². The molecule has 3 nitrogen and oxygen atoms in total. The van der Waals surface area contributed by atoms with Crippen molar-refractivity contribution in [2.45, 2.75) is 6.92 Å². The molecule has 0 amide bonds. The second kappa shape index (κ2) is 2.56. The van der Waals surface area contributed by atoms with E-state index in [1.165, 1.54) is 6.07 Å². The molecule has 1 N–H and O–H groups in total. The Balaban J connectivity index is 3.06. The molecule has 0 radical (unpaired) electrons. The number of hydrogen-bond donors (Lipinski definition) is 1. The van der Waals surface area contributed by atoms with Crippen molar-refractivity contribution in [3.05, 3.63) is 17.8 Å². The van der Waals surface area contributed by atoms with E-state index < -0.39 is 0 Å². The fourth-order valence-electron chi connectivity index (χ4n) is 0.738.